The summed E-state index contributed by atoms with van der Waals surface area (Å²) in [6.07, 6.45) is 0.987. The average molecular weight is 423 g/mol. The second-order valence-corrected chi connectivity index (χ2v) is 7.56. The van der Waals surface area contributed by atoms with Crippen LogP contribution < -0.4 is 10.6 Å². The van der Waals surface area contributed by atoms with Gasteiger partial charge >= 0.3 is 0 Å². The van der Waals surface area contributed by atoms with Crippen LogP contribution >= 0.6 is 47.5 Å². The Kier molecular flexibility index (Phi) is 9.92. The average Bonchev–Trinajstić information content (AvgIpc) is 3.21. The van der Waals surface area contributed by atoms with Crippen LogP contribution in [0.5, 0.6) is 0 Å². The standard InChI is InChI=1S/C16H22N4OS2.2ClH/c1-12-14(23-16(19-12)13-4-2-11-22-13)15(21)18-5-3-8-20-9-6-17-7-10-20;;/h2,4,11,17H,3,5-10H2,1H3,(H,18,21);2*1H. The largest absolute Gasteiger partial charge is 0.351 e. The lowest BCUT2D eigenvalue weighted by Gasteiger charge is -2.27. The van der Waals surface area contributed by atoms with E-state index in [-0.39, 0.29) is 30.7 Å². The molecule has 0 aromatic carbocycles. The van der Waals surface area contributed by atoms with E-state index in [4.69, 9.17) is 0 Å². The van der Waals surface area contributed by atoms with E-state index >= 15 is 0 Å². The van der Waals surface area contributed by atoms with Gasteiger partial charge < -0.3 is 15.5 Å². The second-order valence-electron chi connectivity index (χ2n) is 5.61. The fraction of sp³-hybridized carbons (Fsp3) is 0.500. The summed E-state index contributed by atoms with van der Waals surface area (Å²) in [4.78, 5) is 21.2. The highest BCUT2D eigenvalue weighted by molar-refractivity contribution is 7.22. The molecule has 0 bridgehead atoms. The molecule has 2 N–H and O–H groups in total. The first-order valence-electron chi connectivity index (χ1n) is 7.96. The van der Waals surface area contributed by atoms with Gasteiger partial charge in [0.2, 0.25) is 0 Å². The highest BCUT2D eigenvalue weighted by atomic mass is 35.5. The van der Waals surface area contributed by atoms with E-state index < -0.39 is 0 Å². The van der Waals surface area contributed by atoms with Gasteiger partial charge in [0.25, 0.3) is 5.91 Å². The molecule has 5 nitrogen and oxygen atoms in total. The summed E-state index contributed by atoms with van der Waals surface area (Å²) in [6, 6.07) is 4.05. The summed E-state index contributed by atoms with van der Waals surface area (Å²) in [7, 11) is 0. The number of thiophene rings is 1. The molecule has 25 heavy (non-hydrogen) atoms. The molecule has 0 atom stereocenters. The van der Waals surface area contributed by atoms with Crippen molar-refractivity contribution in [3.63, 3.8) is 0 Å². The molecule has 9 heteroatoms. The predicted octanol–water partition coefficient (Wildman–Crippen LogP) is 3.05. The SMILES string of the molecule is Cc1nc(-c2cccs2)sc1C(=O)NCCCN1CCNCC1.Cl.Cl. The van der Waals surface area contributed by atoms with E-state index in [1.54, 1.807) is 11.3 Å². The molecular weight excluding hydrogens is 399 g/mol. The van der Waals surface area contributed by atoms with Crippen molar-refractivity contribution >= 4 is 53.4 Å². The van der Waals surface area contributed by atoms with Crippen LogP contribution in [0.3, 0.4) is 0 Å². The van der Waals surface area contributed by atoms with Crippen molar-refractivity contribution in [2.75, 3.05) is 39.3 Å². The van der Waals surface area contributed by atoms with Gasteiger partial charge in [0.05, 0.1) is 10.6 Å². The van der Waals surface area contributed by atoms with Gasteiger partial charge in [0, 0.05) is 32.7 Å². The molecule has 0 saturated carbocycles. The quantitative estimate of drug-likeness (QED) is 0.702. The van der Waals surface area contributed by atoms with Gasteiger partial charge in [0.15, 0.2) is 0 Å². The first-order chi connectivity index (χ1) is 11.2. The Morgan fingerprint density at radius 1 is 1.36 bits per heavy atom. The van der Waals surface area contributed by atoms with Crippen molar-refractivity contribution < 1.29 is 4.79 Å². The molecule has 0 spiro atoms. The van der Waals surface area contributed by atoms with Crippen molar-refractivity contribution in [2.45, 2.75) is 13.3 Å². The predicted molar refractivity (Wildman–Crippen MR) is 111 cm³/mol. The second kappa shape index (κ2) is 11.1. The number of aryl methyl sites for hydroxylation is 1. The Balaban J connectivity index is 0.00000156. The molecule has 0 radical (unpaired) electrons. The Morgan fingerprint density at radius 2 is 2.12 bits per heavy atom. The van der Waals surface area contributed by atoms with E-state index in [1.165, 1.54) is 11.3 Å². The van der Waals surface area contributed by atoms with Gasteiger partial charge in [-0.1, -0.05) is 6.07 Å². The summed E-state index contributed by atoms with van der Waals surface area (Å²) < 4.78 is 0. The fourth-order valence-electron chi connectivity index (χ4n) is 2.63. The van der Waals surface area contributed by atoms with Crippen LogP contribution in [0.2, 0.25) is 0 Å². The number of carbonyl (C=O) groups excluding carboxylic acids is 1. The molecule has 2 aromatic heterocycles. The lowest BCUT2D eigenvalue weighted by Crippen LogP contribution is -2.44. The number of hydrogen-bond donors (Lipinski definition) is 2. The van der Waals surface area contributed by atoms with E-state index in [0.29, 0.717) is 6.54 Å². The van der Waals surface area contributed by atoms with Crippen LogP contribution in [0.15, 0.2) is 17.5 Å². The zero-order valence-electron chi connectivity index (χ0n) is 14.1. The molecule has 1 fully saturated rings. The Bertz CT molecular complexity index is 643. The topological polar surface area (TPSA) is 57.3 Å². The lowest BCUT2D eigenvalue weighted by molar-refractivity contribution is 0.0954. The summed E-state index contributed by atoms with van der Waals surface area (Å²) in [5, 5.41) is 9.34. The summed E-state index contributed by atoms with van der Waals surface area (Å²) >= 11 is 3.13. The number of halogens is 2. The summed E-state index contributed by atoms with van der Waals surface area (Å²) in [5.74, 6) is 0.00289. The van der Waals surface area contributed by atoms with Crippen molar-refractivity contribution in [3.8, 4) is 9.88 Å². The number of thiazole rings is 1. The maximum Gasteiger partial charge on any atom is 0.263 e. The van der Waals surface area contributed by atoms with Gasteiger partial charge in [-0.15, -0.1) is 47.5 Å². The van der Waals surface area contributed by atoms with Gasteiger partial charge in [-0.3, -0.25) is 4.79 Å². The van der Waals surface area contributed by atoms with Crippen LogP contribution in [-0.2, 0) is 0 Å². The summed E-state index contributed by atoms with van der Waals surface area (Å²) in [5.41, 5.74) is 0.818. The van der Waals surface area contributed by atoms with Gasteiger partial charge in [-0.25, -0.2) is 4.98 Å². The van der Waals surface area contributed by atoms with E-state index in [9.17, 15) is 4.79 Å². The van der Waals surface area contributed by atoms with Crippen LogP contribution in [0, 0.1) is 6.92 Å². The van der Waals surface area contributed by atoms with E-state index in [2.05, 4.69) is 20.5 Å². The smallest absolute Gasteiger partial charge is 0.263 e. The van der Waals surface area contributed by atoms with Crippen molar-refractivity contribution in [1.29, 1.82) is 0 Å². The van der Waals surface area contributed by atoms with Gasteiger partial charge in [-0.05, 0) is 31.3 Å². The molecule has 1 aliphatic heterocycles. The minimum Gasteiger partial charge on any atom is -0.351 e. The molecular formula is C16H24Cl2N4OS2. The molecule has 3 rings (SSSR count). The monoisotopic (exact) mass is 422 g/mol. The van der Waals surface area contributed by atoms with Crippen LogP contribution in [0.1, 0.15) is 21.8 Å². The van der Waals surface area contributed by atoms with E-state index in [0.717, 1.165) is 59.6 Å². The third kappa shape index (κ3) is 6.20. The lowest BCUT2D eigenvalue weighted by atomic mass is 10.3. The number of carbonyl (C=O) groups is 1. The highest BCUT2D eigenvalue weighted by Gasteiger charge is 2.16. The first kappa shape index (κ1) is 22.3. The summed E-state index contributed by atoms with van der Waals surface area (Å²) in [6.45, 7) is 8.01. The zero-order chi connectivity index (χ0) is 16.1. The number of hydrogen-bond acceptors (Lipinski definition) is 6. The van der Waals surface area contributed by atoms with Crippen molar-refractivity contribution in [3.05, 3.63) is 28.1 Å². The highest BCUT2D eigenvalue weighted by Crippen LogP contribution is 2.30. The first-order valence-corrected chi connectivity index (χ1v) is 9.66. The normalized spacial score (nSPS) is 14.4. The molecule has 1 amide bonds. The van der Waals surface area contributed by atoms with Crippen LogP contribution in [-0.4, -0.2) is 55.1 Å². The minimum absolute atomic E-state index is 0. The number of rotatable bonds is 6. The molecule has 0 unspecified atom stereocenters. The minimum atomic E-state index is 0. The van der Waals surface area contributed by atoms with Gasteiger partial charge in [-0.2, -0.15) is 0 Å². The number of nitrogens with zero attached hydrogens (tertiary/aromatic N) is 2. The number of amides is 1. The van der Waals surface area contributed by atoms with Crippen LogP contribution in [0.4, 0.5) is 0 Å². The van der Waals surface area contributed by atoms with E-state index in [1.807, 2.05) is 24.4 Å². The molecule has 1 saturated heterocycles. The molecule has 0 aliphatic carbocycles. The number of piperazine rings is 1. The number of aromatic nitrogens is 1. The Hall–Kier alpha value is -0.700. The maximum atomic E-state index is 12.3. The maximum absolute atomic E-state index is 12.3. The fourth-order valence-corrected chi connectivity index (χ4v) is 4.41. The molecule has 2 aromatic rings. The molecule has 1 aliphatic rings. The van der Waals surface area contributed by atoms with Crippen molar-refractivity contribution in [1.82, 2.24) is 20.5 Å². The Labute approximate surface area is 169 Å². The number of nitrogens with one attached hydrogen (secondary N) is 2. The third-order valence-corrected chi connectivity index (χ3v) is 6.08. The Morgan fingerprint density at radius 3 is 2.80 bits per heavy atom. The third-order valence-electron chi connectivity index (χ3n) is 3.88. The zero-order valence-corrected chi connectivity index (χ0v) is 17.4. The molecule has 3 heterocycles. The van der Waals surface area contributed by atoms with Crippen molar-refractivity contribution in [2.24, 2.45) is 0 Å². The van der Waals surface area contributed by atoms with Gasteiger partial charge in [0.1, 0.15) is 9.88 Å². The molecule has 140 valence electrons. The van der Waals surface area contributed by atoms with Crippen LogP contribution in [0.25, 0.3) is 9.88 Å².